The molecular weight excluding hydrogens is 400 g/mol. The Balaban J connectivity index is 1.64. The number of hydrogen-bond acceptors (Lipinski definition) is 6. The van der Waals surface area contributed by atoms with Gasteiger partial charge in [0, 0.05) is 36.6 Å². The number of nitrogens with zero attached hydrogens (tertiary/aromatic N) is 4. The van der Waals surface area contributed by atoms with Gasteiger partial charge in [-0.2, -0.15) is 0 Å². The molecule has 0 bridgehead atoms. The molecule has 6 nitrogen and oxygen atoms in total. The van der Waals surface area contributed by atoms with Gasteiger partial charge in [-0.15, -0.1) is 0 Å². The van der Waals surface area contributed by atoms with E-state index in [0.29, 0.717) is 28.6 Å². The highest BCUT2D eigenvalue weighted by Crippen LogP contribution is 2.37. The topological polar surface area (TPSA) is 72.8 Å². The van der Waals surface area contributed by atoms with Crippen molar-refractivity contribution in [2.24, 2.45) is 5.92 Å². The second kappa shape index (κ2) is 7.84. The Morgan fingerprint density at radius 3 is 2.48 bits per heavy atom. The lowest BCUT2D eigenvalue weighted by Gasteiger charge is -2.41. The van der Waals surface area contributed by atoms with Crippen molar-refractivity contribution < 1.29 is 13.5 Å². The first-order valence-corrected chi connectivity index (χ1v) is 10.7. The maximum atomic E-state index is 14.7. The van der Waals surface area contributed by atoms with Crippen molar-refractivity contribution in [3.8, 4) is 11.3 Å². The molecule has 31 heavy (non-hydrogen) atoms. The molecular formula is C23H25F2N5O. The molecule has 3 atom stereocenters. The van der Waals surface area contributed by atoms with Crippen molar-refractivity contribution in [2.45, 2.75) is 51.7 Å². The van der Waals surface area contributed by atoms with Crippen LogP contribution < -0.4 is 5.32 Å². The van der Waals surface area contributed by atoms with E-state index < -0.39 is 11.6 Å². The standard InChI is InChI=1S/C23H25F2N5O/c1-11-6-14(7-19(31-11)15-9-26-10-15)22-29-20(17-5-4-16(24)8-18(17)25)21-23(30-22)28-13(3)12(2)27-21/h4-5,8,11,14-15,19,26H,6-7,9-10H2,1-3H3/t11-,14?,19-/m1/s1. The van der Waals surface area contributed by atoms with E-state index >= 15 is 0 Å². The summed E-state index contributed by atoms with van der Waals surface area (Å²) < 4.78 is 34.5. The largest absolute Gasteiger partial charge is 0.375 e. The lowest BCUT2D eigenvalue weighted by Crippen LogP contribution is -2.51. The molecule has 3 aromatic rings. The van der Waals surface area contributed by atoms with Crippen molar-refractivity contribution in [3.63, 3.8) is 0 Å². The monoisotopic (exact) mass is 425 g/mol. The van der Waals surface area contributed by atoms with Gasteiger partial charge in [-0.3, -0.25) is 0 Å². The van der Waals surface area contributed by atoms with E-state index in [4.69, 9.17) is 14.7 Å². The van der Waals surface area contributed by atoms with Crippen LogP contribution in [0.15, 0.2) is 18.2 Å². The first-order valence-electron chi connectivity index (χ1n) is 10.7. The minimum atomic E-state index is -0.676. The van der Waals surface area contributed by atoms with Gasteiger partial charge in [-0.05, 0) is 45.7 Å². The number of halogens is 2. The smallest absolute Gasteiger partial charge is 0.182 e. The maximum absolute atomic E-state index is 14.7. The maximum Gasteiger partial charge on any atom is 0.182 e. The van der Waals surface area contributed by atoms with Gasteiger partial charge in [0.1, 0.15) is 28.7 Å². The molecule has 0 saturated carbocycles. The number of hydrogen-bond donors (Lipinski definition) is 1. The van der Waals surface area contributed by atoms with Crippen molar-refractivity contribution in [1.29, 1.82) is 0 Å². The predicted octanol–water partition coefficient (Wildman–Crippen LogP) is 3.85. The van der Waals surface area contributed by atoms with Crippen LogP contribution in [-0.4, -0.2) is 45.2 Å². The zero-order valence-electron chi connectivity index (χ0n) is 17.8. The second-order valence-electron chi connectivity index (χ2n) is 8.69. The van der Waals surface area contributed by atoms with Crippen molar-refractivity contribution in [3.05, 3.63) is 47.0 Å². The zero-order chi connectivity index (χ0) is 21.7. The summed E-state index contributed by atoms with van der Waals surface area (Å²) >= 11 is 0. The highest BCUT2D eigenvalue weighted by Gasteiger charge is 2.37. The molecule has 2 aromatic heterocycles. The normalized spacial score (nSPS) is 24.4. The molecule has 1 N–H and O–H groups in total. The Labute approximate surface area is 179 Å². The number of nitrogens with one attached hydrogen (secondary N) is 1. The third kappa shape index (κ3) is 3.78. The van der Waals surface area contributed by atoms with Gasteiger partial charge in [0.05, 0.1) is 23.6 Å². The van der Waals surface area contributed by atoms with Crippen LogP contribution in [0, 0.1) is 31.4 Å². The summed E-state index contributed by atoms with van der Waals surface area (Å²) in [6.07, 6.45) is 1.82. The highest BCUT2D eigenvalue weighted by molar-refractivity contribution is 5.87. The van der Waals surface area contributed by atoms with Crippen LogP contribution in [0.3, 0.4) is 0 Å². The third-order valence-corrected chi connectivity index (χ3v) is 6.39. The van der Waals surface area contributed by atoms with Gasteiger partial charge in [-0.1, -0.05) is 0 Å². The highest BCUT2D eigenvalue weighted by atomic mass is 19.1. The fourth-order valence-corrected chi connectivity index (χ4v) is 4.46. The predicted molar refractivity (Wildman–Crippen MR) is 113 cm³/mol. The van der Waals surface area contributed by atoms with Gasteiger partial charge < -0.3 is 10.1 Å². The average Bonchev–Trinajstić information content (AvgIpc) is 2.67. The summed E-state index contributed by atoms with van der Waals surface area (Å²) in [6, 6.07) is 3.51. The SMILES string of the molecule is Cc1nc2nc(C3C[C@@H](C)O[C@@H](C4CNC4)C3)nc(-c3ccc(F)cc3F)c2nc1C. The molecule has 1 aromatic carbocycles. The fourth-order valence-electron chi connectivity index (χ4n) is 4.46. The second-order valence-corrected chi connectivity index (χ2v) is 8.69. The minimum absolute atomic E-state index is 0.0735. The first-order chi connectivity index (χ1) is 14.9. The summed E-state index contributed by atoms with van der Waals surface area (Å²) in [4.78, 5) is 18.7. The van der Waals surface area contributed by atoms with E-state index in [1.54, 1.807) is 0 Å². The number of benzene rings is 1. The zero-order valence-corrected chi connectivity index (χ0v) is 17.8. The molecule has 4 heterocycles. The molecule has 162 valence electrons. The van der Waals surface area contributed by atoms with Crippen molar-refractivity contribution in [1.82, 2.24) is 25.3 Å². The molecule has 0 radical (unpaired) electrons. The first kappa shape index (κ1) is 20.3. The molecule has 2 aliphatic heterocycles. The number of ether oxygens (including phenoxy) is 1. The Kier molecular flexibility index (Phi) is 5.14. The molecule has 0 amide bonds. The van der Waals surface area contributed by atoms with Gasteiger partial charge in [0.2, 0.25) is 0 Å². The number of aromatic nitrogens is 4. The molecule has 2 aliphatic rings. The molecule has 5 rings (SSSR count). The van der Waals surface area contributed by atoms with Crippen molar-refractivity contribution >= 4 is 11.2 Å². The fraction of sp³-hybridized carbons (Fsp3) is 0.478. The summed E-state index contributed by atoms with van der Waals surface area (Å²) in [6.45, 7) is 7.70. The molecule has 0 spiro atoms. The molecule has 0 aliphatic carbocycles. The van der Waals surface area contributed by atoms with E-state index in [2.05, 4.69) is 22.2 Å². The van der Waals surface area contributed by atoms with E-state index in [9.17, 15) is 8.78 Å². The third-order valence-electron chi connectivity index (χ3n) is 6.39. The molecule has 2 fully saturated rings. The van der Waals surface area contributed by atoms with Crippen LogP contribution in [0.1, 0.15) is 42.9 Å². The lowest BCUT2D eigenvalue weighted by atomic mass is 9.83. The van der Waals surface area contributed by atoms with E-state index in [1.165, 1.54) is 12.1 Å². The van der Waals surface area contributed by atoms with E-state index in [1.807, 2.05) is 13.8 Å². The summed E-state index contributed by atoms with van der Waals surface area (Å²) in [5.74, 6) is -0.122. The van der Waals surface area contributed by atoms with Crippen molar-refractivity contribution in [2.75, 3.05) is 13.1 Å². The molecule has 2 saturated heterocycles. The number of rotatable bonds is 3. The van der Waals surface area contributed by atoms with E-state index in [-0.39, 0.29) is 23.7 Å². The van der Waals surface area contributed by atoms with E-state index in [0.717, 1.165) is 43.4 Å². The van der Waals surface area contributed by atoms with Gasteiger partial charge >= 0.3 is 0 Å². The van der Waals surface area contributed by atoms with Gasteiger partial charge in [0.25, 0.3) is 0 Å². The molecule has 8 heteroatoms. The van der Waals surface area contributed by atoms with Crippen LogP contribution in [0.5, 0.6) is 0 Å². The van der Waals surface area contributed by atoms with Crippen LogP contribution >= 0.6 is 0 Å². The van der Waals surface area contributed by atoms with Crippen LogP contribution in [-0.2, 0) is 4.74 Å². The molecule has 1 unspecified atom stereocenters. The van der Waals surface area contributed by atoms with Crippen LogP contribution in [0.25, 0.3) is 22.4 Å². The Morgan fingerprint density at radius 1 is 1.00 bits per heavy atom. The minimum Gasteiger partial charge on any atom is -0.375 e. The summed E-state index contributed by atoms with van der Waals surface area (Å²) in [7, 11) is 0. The quantitative estimate of drug-likeness (QED) is 0.687. The Morgan fingerprint density at radius 2 is 1.77 bits per heavy atom. The van der Waals surface area contributed by atoms with Gasteiger partial charge in [-0.25, -0.2) is 28.7 Å². The lowest BCUT2D eigenvalue weighted by molar-refractivity contribution is -0.0867. The summed E-state index contributed by atoms with van der Waals surface area (Å²) in [5, 5.41) is 3.30. The average molecular weight is 425 g/mol. The number of aryl methyl sites for hydroxylation is 2. The summed E-state index contributed by atoms with van der Waals surface area (Å²) in [5.41, 5.74) is 2.91. The number of fused-ring (bicyclic) bond motifs is 1. The Bertz CT molecular complexity index is 1150. The van der Waals surface area contributed by atoms with Crippen LogP contribution in [0.4, 0.5) is 8.78 Å². The Hall–Kier alpha value is -2.58. The van der Waals surface area contributed by atoms with Crippen LogP contribution in [0.2, 0.25) is 0 Å². The van der Waals surface area contributed by atoms with Gasteiger partial charge in [0.15, 0.2) is 5.65 Å².